The Kier molecular flexibility index (Phi) is 4.47. The van der Waals surface area contributed by atoms with Gasteiger partial charge < -0.3 is 14.8 Å². The van der Waals surface area contributed by atoms with Crippen molar-refractivity contribution >= 4 is 11.7 Å². The minimum atomic E-state index is -0.617. The van der Waals surface area contributed by atoms with Crippen LogP contribution in [0.4, 0.5) is 5.82 Å². The largest absolute Gasteiger partial charge is 0.497 e. The molecule has 0 saturated heterocycles. The van der Waals surface area contributed by atoms with Crippen molar-refractivity contribution in [3.05, 3.63) is 36.0 Å². The summed E-state index contributed by atoms with van der Waals surface area (Å²) in [5.74, 6) is 1.76. The second kappa shape index (κ2) is 6.30. The molecule has 0 spiro atoms. The van der Waals surface area contributed by atoms with Crippen molar-refractivity contribution in [1.82, 2.24) is 9.78 Å². The summed E-state index contributed by atoms with van der Waals surface area (Å²) < 4.78 is 12.3. The SMILES string of the molecule is COc1ccc(O[C@H](C)C(=O)Nc2cc(C)nn2C)cc1. The number of aryl methyl sites for hydroxylation is 2. The Bertz CT molecular complexity index is 620. The zero-order valence-electron chi connectivity index (χ0n) is 12.6. The Morgan fingerprint density at radius 1 is 1.29 bits per heavy atom. The number of rotatable bonds is 5. The van der Waals surface area contributed by atoms with Gasteiger partial charge in [-0.05, 0) is 38.1 Å². The van der Waals surface area contributed by atoms with Crippen LogP contribution < -0.4 is 14.8 Å². The van der Waals surface area contributed by atoms with E-state index < -0.39 is 6.10 Å². The number of ether oxygens (including phenoxy) is 2. The molecule has 0 aliphatic rings. The average Bonchev–Trinajstić information content (AvgIpc) is 2.77. The quantitative estimate of drug-likeness (QED) is 0.916. The van der Waals surface area contributed by atoms with Gasteiger partial charge in [0.05, 0.1) is 12.8 Å². The molecule has 2 rings (SSSR count). The number of aromatic nitrogens is 2. The number of amides is 1. The highest BCUT2D eigenvalue weighted by molar-refractivity contribution is 5.93. The van der Waals surface area contributed by atoms with Crippen molar-refractivity contribution < 1.29 is 14.3 Å². The molecule has 0 saturated carbocycles. The van der Waals surface area contributed by atoms with Crippen LogP contribution in [0.1, 0.15) is 12.6 Å². The second-order valence-corrected chi connectivity index (χ2v) is 4.72. The van der Waals surface area contributed by atoms with Gasteiger partial charge in [-0.15, -0.1) is 0 Å². The van der Waals surface area contributed by atoms with E-state index in [1.807, 2.05) is 6.92 Å². The number of nitrogens with zero attached hydrogens (tertiary/aromatic N) is 2. The average molecular weight is 289 g/mol. The maximum Gasteiger partial charge on any atom is 0.266 e. The molecule has 6 heteroatoms. The van der Waals surface area contributed by atoms with Crippen LogP contribution in [0.5, 0.6) is 11.5 Å². The van der Waals surface area contributed by atoms with Crippen molar-refractivity contribution in [2.45, 2.75) is 20.0 Å². The lowest BCUT2D eigenvalue weighted by Gasteiger charge is -2.14. The molecule has 0 aliphatic heterocycles. The predicted molar refractivity (Wildman–Crippen MR) is 79.7 cm³/mol. The van der Waals surface area contributed by atoms with Gasteiger partial charge in [0.15, 0.2) is 6.10 Å². The number of hydrogen-bond donors (Lipinski definition) is 1. The topological polar surface area (TPSA) is 65.4 Å². The fourth-order valence-electron chi connectivity index (χ4n) is 1.87. The Hall–Kier alpha value is -2.50. The van der Waals surface area contributed by atoms with E-state index in [1.165, 1.54) is 0 Å². The maximum atomic E-state index is 12.1. The third-order valence-electron chi connectivity index (χ3n) is 2.99. The molecule has 0 bridgehead atoms. The van der Waals surface area contributed by atoms with Crippen LogP contribution in [0.25, 0.3) is 0 Å². The first-order valence-electron chi connectivity index (χ1n) is 6.62. The molecule has 1 aromatic carbocycles. The predicted octanol–water partition coefficient (Wildman–Crippen LogP) is 2.14. The van der Waals surface area contributed by atoms with Crippen LogP contribution in [0.2, 0.25) is 0 Å². The molecule has 6 nitrogen and oxygen atoms in total. The van der Waals surface area contributed by atoms with Crippen LogP contribution in [-0.2, 0) is 11.8 Å². The van der Waals surface area contributed by atoms with E-state index in [9.17, 15) is 4.79 Å². The van der Waals surface area contributed by atoms with E-state index in [0.29, 0.717) is 11.6 Å². The van der Waals surface area contributed by atoms with Crippen LogP contribution in [0, 0.1) is 6.92 Å². The van der Waals surface area contributed by atoms with Gasteiger partial charge in [-0.2, -0.15) is 5.10 Å². The summed E-state index contributed by atoms with van der Waals surface area (Å²) in [6.45, 7) is 3.57. The van der Waals surface area contributed by atoms with Gasteiger partial charge in [-0.1, -0.05) is 0 Å². The summed E-state index contributed by atoms with van der Waals surface area (Å²) in [4.78, 5) is 12.1. The monoisotopic (exact) mass is 289 g/mol. The normalized spacial score (nSPS) is 11.8. The van der Waals surface area contributed by atoms with Crippen molar-refractivity contribution in [3.63, 3.8) is 0 Å². The first kappa shape index (κ1) is 14.9. The molecule has 0 fully saturated rings. The molecule has 112 valence electrons. The molecule has 1 N–H and O–H groups in total. The van der Waals surface area contributed by atoms with Crippen LogP contribution in [-0.4, -0.2) is 28.9 Å². The second-order valence-electron chi connectivity index (χ2n) is 4.72. The van der Waals surface area contributed by atoms with Gasteiger partial charge in [-0.3, -0.25) is 9.48 Å². The Morgan fingerprint density at radius 3 is 2.43 bits per heavy atom. The molecule has 0 radical (unpaired) electrons. The van der Waals surface area contributed by atoms with E-state index in [1.54, 1.807) is 56.1 Å². The fraction of sp³-hybridized carbons (Fsp3) is 0.333. The molecule has 1 atom stereocenters. The molecule has 21 heavy (non-hydrogen) atoms. The Labute approximate surface area is 123 Å². The molecule has 1 aromatic heterocycles. The molecule has 2 aromatic rings. The van der Waals surface area contributed by atoms with E-state index in [-0.39, 0.29) is 5.91 Å². The number of hydrogen-bond acceptors (Lipinski definition) is 4. The first-order chi connectivity index (χ1) is 9.99. The smallest absolute Gasteiger partial charge is 0.266 e. The van der Waals surface area contributed by atoms with Gasteiger partial charge in [0.2, 0.25) is 0 Å². The summed E-state index contributed by atoms with van der Waals surface area (Å²) in [5, 5.41) is 6.96. The standard InChI is InChI=1S/C15H19N3O3/c1-10-9-14(18(3)17-10)16-15(19)11(2)21-13-7-5-12(20-4)6-8-13/h5-9,11H,1-4H3,(H,16,19)/t11-/m1/s1. The van der Waals surface area contributed by atoms with Crippen LogP contribution >= 0.6 is 0 Å². The molecular weight excluding hydrogens is 270 g/mol. The summed E-state index contributed by atoms with van der Waals surface area (Å²) in [6, 6.07) is 8.89. The molecule has 1 heterocycles. The third kappa shape index (κ3) is 3.75. The van der Waals surface area contributed by atoms with E-state index in [0.717, 1.165) is 11.4 Å². The number of carbonyl (C=O) groups is 1. The van der Waals surface area contributed by atoms with Crippen molar-refractivity contribution in [1.29, 1.82) is 0 Å². The van der Waals surface area contributed by atoms with Crippen molar-refractivity contribution in [2.75, 3.05) is 12.4 Å². The van der Waals surface area contributed by atoms with Gasteiger partial charge >= 0.3 is 0 Å². The van der Waals surface area contributed by atoms with Gasteiger partial charge in [0.25, 0.3) is 5.91 Å². The summed E-state index contributed by atoms with van der Waals surface area (Å²) >= 11 is 0. The number of benzene rings is 1. The molecular formula is C15H19N3O3. The summed E-state index contributed by atoms with van der Waals surface area (Å²) in [7, 11) is 3.37. The highest BCUT2D eigenvalue weighted by Gasteiger charge is 2.16. The number of methoxy groups -OCH3 is 1. The lowest BCUT2D eigenvalue weighted by molar-refractivity contribution is -0.122. The van der Waals surface area contributed by atoms with E-state index >= 15 is 0 Å². The van der Waals surface area contributed by atoms with Gasteiger partial charge in [-0.25, -0.2) is 0 Å². The summed E-state index contributed by atoms with van der Waals surface area (Å²) in [6.07, 6.45) is -0.617. The Morgan fingerprint density at radius 2 is 1.90 bits per heavy atom. The molecule has 0 unspecified atom stereocenters. The molecule has 0 aliphatic carbocycles. The van der Waals surface area contributed by atoms with Gasteiger partial charge in [0.1, 0.15) is 17.3 Å². The first-order valence-corrected chi connectivity index (χ1v) is 6.62. The maximum absolute atomic E-state index is 12.1. The van der Waals surface area contributed by atoms with Crippen LogP contribution in [0.15, 0.2) is 30.3 Å². The highest BCUT2D eigenvalue weighted by Crippen LogP contribution is 2.18. The summed E-state index contributed by atoms with van der Waals surface area (Å²) in [5.41, 5.74) is 0.844. The van der Waals surface area contributed by atoms with Crippen LogP contribution in [0.3, 0.4) is 0 Å². The lowest BCUT2D eigenvalue weighted by Crippen LogP contribution is -2.30. The minimum absolute atomic E-state index is 0.228. The molecule has 1 amide bonds. The zero-order valence-corrected chi connectivity index (χ0v) is 12.6. The third-order valence-corrected chi connectivity index (χ3v) is 2.99. The zero-order chi connectivity index (χ0) is 15.4. The number of anilines is 1. The number of nitrogens with one attached hydrogen (secondary N) is 1. The van der Waals surface area contributed by atoms with Crippen molar-refractivity contribution in [2.24, 2.45) is 7.05 Å². The van der Waals surface area contributed by atoms with Crippen molar-refractivity contribution in [3.8, 4) is 11.5 Å². The lowest BCUT2D eigenvalue weighted by atomic mass is 10.3. The van der Waals surface area contributed by atoms with Gasteiger partial charge in [0, 0.05) is 13.1 Å². The Balaban J connectivity index is 1.97. The van der Waals surface area contributed by atoms with E-state index in [2.05, 4.69) is 10.4 Å². The van der Waals surface area contributed by atoms with E-state index in [4.69, 9.17) is 9.47 Å². The fourth-order valence-corrected chi connectivity index (χ4v) is 1.87. The highest BCUT2D eigenvalue weighted by atomic mass is 16.5. The number of carbonyl (C=O) groups excluding carboxylic acids is 1. The minimum Gasteiger partial charge on any atom is -0.497 e.